The number of carbonyl (C=O) groups is 2. The number of hydrogen-bond donors (Lipinski definition) is 3. The molecule has 1 aliphatic carbocycles. The van der Waals surface area contributed by atoms with Gasteiger partial charge in [-0.3, -0.25) is 19.3 Å². The van der Waals surface area contributed by atoms with Crippen LogP contribution in [0.15, 0.2) is 37.1 Å². The number of nitrogens with one attached hydrogen (secondary N) is 3. The molecule has 0 unspecified atom stereocenters. The Labute approximate surface area is 213 Å². The van der Waals surface area contributed by atoms with Gasteiger partial charge in [-0.2, -0.15) is 10.2 Å². The van der Waals surface area contributed by atoms with Crippen molar-refractivity contribution in [1.82, 2.24) is 34.7 Å². The van der Waals surface area contributed by atoms with Crippen molar-refractivity contribution in [3.05, 3.63) is 48.3 Å². The van der Waals surface area contributed by atoms with E-state index in [1.54, 1.807) is 40.8 Å². The summed E-state index contributed by atoms with van der Waals surface area (Å²) in [5.41, 5.74) is 3.71. The second kappa shape index (κ2) is 10.3. The number of anilines is 2. The first-order valence-electron chi connectivity index (χ1n) is 12.1. The number of pyridine rings is 1. The summed E-state index contributed by atoms with van der Waals surface area (Å²) in [7, 11) is 3.31. The summed E-state index contributed by atoms with van der Waals surface area (Å²) in [6, 6.07) is 2.09. The third-order valence-electron chi connectivity index (χ3n) is 6.43. The van der Waals surface area contributed by atoms with Crippen molar-refractivity contribution >= 4 is 28.7 Å². The van der Waals surface area contributed by atoms with Crippen molar-refractivity contribution in [3.63, 3.8) is 0 Å². The molecule has 0 aromatic carbocycles. The summed E-state index contributed by atoms with van der Waals surface area (Å²) in [6.07, 6.45) is 12.9. The lowest BCUT2D eigenvalue weighted by atomic mass is 10.2. The van der Waals surface area contributed by atoms with Crippen molar-refractivity contribution in [3.8, 4) is 17.1 Å². The molecule has 5 rings (SSSR count). The molecule has 0 spiro atoms. The van der Waals surface area contributed by atoms with Gasteiger partial charge in [0.15, 0.2) is 0 Å². The Morgan fingerprint density at radius 3 is 2.65 bits per heavy atom. The topological polar surface area (TPSA) is 140 Å². The number of ether oxygens (including phenoxy) is 1. The number of amides is 2. The highest BCUT2D eigenvalue weighted by Gasteiger charge is 2.21. The summed E-state index contributed by atoms with van der Waals surface area (Å²) >= 11 is 0. The van der Waals surface area contributed by atoms with E-state index in [0.717, 1.165) is 18.4 Å². The molecule has 192 valence electrons. The number of carbonyl (C=O) groups excluding carboxylic acids is 2. The molecule has 4 heterocycles. The maximum Gasteiger partial charge on any atom is 0.259 e. The number of fused-ring (bicyclic) bond motifs is 1. The van der Waals surface area contributed by atoms with E-state index in [1.165, 1.54) is 26.1 Å². The monoisotopic (exact) mass is 503 g/mol. The number of aryl methyl sites for hydroxylation is 2. The third-order valence-corrected chi connectivity index (χ3v) is 6.43. The summed E-state index contributed by atoms with van der Waals surface area (Å²) in [4.78, 5) is 34.5. The van der Waals surface area contributed by atoms with Crippen LogP contribution in [0, 0.1) is 6.92 Å². The standard InChI is InChI=1S/C25H29N9O3/c1-15-20(8-18(10-26-15)30-22(35)12-27-17-6-4-5-7-17)31-24(36)19-11-29-34-14-21(16-9-28-33(2)13-16)32-25(37-3)23(19)34/h8-11,13-14,17,27H,4-7,12H2,1-3H3,(H,30,35)(H,31,36). The van der Waals surface area contributed by atoms with Gasteiger partial charge < -0.3 is 20.7 Å². The molecular weight excluding hydrogens is 474 g/mol. The average Bonchev–Trinajstić information content (AvgIpc) is 3.65. The van der Waals surface area contributed by atoms with Crippen LogP contribution in [0.4, 0.5) is 11.4 Å². The molecular formula is C25H29N9O3. The molecule has 1 saturated carbocycles. The van der Waals surface area contributed by atoms with E-state index in [9.17, 15) is 9.59 Å². The molecule has 1 aliphatic rings. The van der Waals surface area contributed by atoms with Crippen molar-refractivity contribution in [1.29, 1.82) is 0 Å². The number of methoxy groups -OCH3 is 1. The third kappa shape index (κ3) is 5.28. The van der Waals surface area contributed by atoms with Gasteiger partial charge in [0.1, 0.15) is 5.52 Å². The summed E-state index contributed by atoms with van der Waals surface area (Å²) in [5.74, 6) is -0.298. The molecule has 1 fully saturated rings. The minimum absolute atomic E-state index is 0.155. The summed E-state index contributed by atoms with van der Waals surface area (Å²) in [5, 5.41) is 17.5. The fourth-order valence-corrected chi connectivity index (χ4v) is 4.47. The second-order valence-corrected chi connectivity index (χ2v) is 9.11. The minimum atomic E-state index is -0.402. The van der Waals surface area contributed by atoms with Crippen molar-refractivity contribution in [2.75, 3.05) is 24.3 Å². The molecule has 12 heteroatoms. The van der Waals surface area contributed by atoms with Crippen LogP contribution in [-0.4, -0.2) is 60.9 Å². The van der Waals surface area contributed by atoms with Crippen LogP contribution in [0.25, 0.3) is 16.8 Å². The van der Waals surface area contributed by atoms with E-state index in [2.05, 4.69) is 36.1 Å². The van der Waals surface area contributed by atoms with Gasteiger partial charge in [-0.25, -0.2) is 9.50 Å². The predicted octanol–water partition coefficient (Wildman–Crippen LogP) is 2.56. The molecule has 4 aromatic heterocycles. The summed E-state index contributed by atoms with van der Waals surface area (Å²) < 4.78 is 8.73. The number of hydrogen-bond acceptors (Lipinski definition) is 8. The normalized spacial score (nSPS) is 13.7. The zero-order valence-corrected chi connectivity index (χ0v) is 21.0. The van der Waals surface area contributed by atoms with Crippen LogP contribution >= 0.6 is 0 Å². The SMILES string of the molecule is COc1nc(-c2cnn(C)c2)cn2ncc(C(=O)Nc3cc(NC(=O)CNC4CCCC4)cnc3C)c12. The van der Waals surface area contributed by atoms with Crippen LogP contribution in [0.2, 0.25) is 0 Å². The van der Waals surface area contributed by atoms with E-state index in [1.807, 2.05) is 13.2 Å². The Morgan fingerprint density at radius 1 is 1.11 bits per heavy atom. The van der Waals surface area contributed by atoms with Crippen LogP contribution in [-0.2, 0) is 11.8 Å². The van der Waals surface area contributed by atoms with Gasteiger partial charge in [0, 0.05) is 24.8 Å². The first-order chi connectivity index (χ1) is 17.9. The van der Waals surface area contributed by atoms with Crippen LogP contribution < -0.4 is 20.7 Å². The fourth-order valence-electron chi connectivity index (χ4n) is 4.47. The highest BCUT2D eigenvalue weighted by atomic mass is 16.5. The van der Waals surface area contributed by atoms with Crippen LogP contribution in [0.5, 0.6) is 5.88 Å². The van der Waals surface area contributed by atoms with Gasteiger partial charge in [-0.15, -0.1) is 0 Å². The first-order valence-corrected chi connectivity index (χ1v) is 12.1. The summed E-state index contributed by atoms with van der Waals surface area (Å²) in [6.45, 7) is 2.01. The fraction of sp³-hybridized carbons (Fsp3) is 0.360. The van der Waals surface area contributed by atoms with E-state index < -0.39 is 5.91 Å². The number of rotatable bonds is 8. The molecule has 2 amide bonds. The molecule has 0 radical (unpaired) electrons. The van der Waals surface area contributed by atoms with Crippen molar-refractivity contribution in [2.45, 2.75) is 38.6 Å². The molecule has 3 N–H and O–H groups in total. The minimum Gasteiger partial charge on any atom is -0.479 e. The predicted molar refractivity (Wildman–Crippen MR) is 138 cm³/mol. The molecule has 12 nitrogen and oxygen atoms in total. The van der Waals surface area contributed by atoms with Crippen molar-refractivity contribution in [2.24, 2.45) is 7.05 Å². The molecule has 0 atom stereocenters. The van der Waals surface area contributed by atoms with Gasteiger partial charge in [-0.1, -0.05) is 12.8 Å². The maximum absolute atomic E-state index is 13.3. The smallest absolute Gasteiger partial charge is 0.259 e. The Balaban J connectivity index is 1.33. The maximum atomic E-state index is 13.3. The van der Waals surface area contributed by atoms with E-state index in [4.69, 9.17) is 4.74 Å². The number of nitrogens with zero attached hydrogens (tertiary/aromatic N) is 6. The lowest BCUT2D eigenvalue weighted by Crippen LogP contribution is -2.34. The van der Waals surface area contributed by atoms with Crippen molar-refractivity contribution < 1.29 is 14.3 Å². The van der Waals surface area contributed by atoms with Crippen LogP contribution in [0.3, 0.4) is 0 Å². The molecule has 37 heavy (non-hydrogen) atoms. The van der Waals surface area contributed by atoms with E-state index in [-0.39, 0.29) is 23.9 Å². The van der Waals surface area contributed by atoms with Gasteiger partial charge >= 0.3 is 0 Å². The quantitative estimate of drug-likeness (QED) is 0.333. The molecule has 0 bridgehead atoms. The molecule has 0 aliphatic heterocycles. The highest BCUT2D eigenvalue weighted by molar-refractivity contribution is 6.10. The van der Waals surface area contributed by atoms with Gasteiger partial charge in [0.25, 0.3) is 5.91 Å². The van der Waals surface area contributed by atoms with Gasteiger partial charge in [0.2, 0.25) is 11.8 Å². The lowest BCUT2D eigenvalue weighted by Gasteiger charge is -2.13. The van der Waals surface area contributed by atoms with Gasteiger partial charge in [-0.05, 0) is 25.8 Å². The number of aromatic nitrogens is 6. The van der Waals surface area contributed by atoms with Crippen LogP contribution in [0.1, 0.15) is 41.7 Å². The average molecular weight is 504 g/mol. The Kier molecular flexibility index (Phi) is 6.82. The van der Waals surface area contributed by atoms with E-state index in [0.29, 0.717) is 34.3 Å². The van der Waals surface area contributed by atoms with Gasteiger partial charge in [0.05, 0.1) is 66.8 Å². The molecule has 0 saturated heterocycles. The lowest BCUT2D eigenvalue weighted by molar-refractivity contribution is -0.115. The zero-order chi connectivity index (χ0) is 25.9. The first kappa shape index (κ1) is 24.4. The Morgan fingerprint density at radius 2 is 1.92 bits per heavy atom. The Bertz CT molecular complexity index is 1450. The molecule has 4 aromatic rings. The highest BCUT2D eigenvalue weighted by Crippen LogP contribution is 2.27. The van der Waals surface area contributed by atoms with E-state index >= 15 is 0 Å². The second-order valence-electron chi connectivity index (χ2n) is 9.11. The largest absolute Gasteiger partial charge is 0.479 e. The Hall–Kier alpha value is -4.32. The zero-order valence-electron chi connectivity index (χ0n) is 21.0.